The first-order valence-corrected chi connectivity index (χ1v) is 14.2. The third-order valence-corrected chi connectivity index (χ3v) is 8.07. The van der Waals surface area contributed by atoms with Crippen LogP contribution in [0.1, 0.15) is 22.6 Å². The summed E-state index contributed by atoms with van der Waals surface area (Å²) in [5, 5.41) is 13.8. The Morgan fingerprint density at radius 1 is 1.10 bits per heavy atom. The van der Waals surface area contributed by atoms with E-state index in [1.807, 2.05) is 62.4 Å². The lowest BCUT2D eigenvalue weighted by Crippen LogP contribution is -2.57. The smallest absolute Gasteiger partial charge is 0.267 e. The predicted octanol–water partition coefficient (Wildman–Crippen LogP) is 2.66. The first-order valence-electron chi connectivity index (χ1n) is 12.7. The van der Waals surface area contributed by atoms with Gasteiger partial charge in [-0.3, -0.25) is 9.48 Å². The Labute approximate surface area is 232 Å². The van der Waals surface area contributed by atoms with E-state index in [1.54, 1.807) is 18.0 Å². The number of aryl methyl sites for hydroxylation is 3. The minimum absolute atomic E-state index is 0.0245. The van der Waals surface area contributed by atoms with Crippen LogP contribution in [0, 0.1) is 13.8 Å². The molecule has 3 heterocycles. The van der Waals surface area contributed by atoms with Crippen LogP contribution in [-0.2, 0) is 21.9 Å². The number of carbonyl (C=O) groups is 1. The number of anilines is 1. The summed E-state index contributed by atoms with van der Waals surface area (Å²) in [6.45, 7) is 4.22. The SMILES string of the molecule is Cc1cccc(C)c1-c1cc(OC2CN(C(=O)C(CO)c3ccccc3)C2)nc(NS(=O)(=O)c2cnn(C)c2)n1. The second kappa shape index (κ2) is 11.1. The van der Waals surface area contributed by atoms with Gasteiger partial charge in [0.25, 0.3) is 10.0 Å². The van der Waals surface area contributed by atoms with Gasteiger partial charge in [-0.05, 0) is 30.5 Å². The number of rotatable bonds is 9. The molecule has 1 amide bonds. The molecule has 4 aromatic rings. The molecular weight excluding hydrogens is 532 g/mol. The molecule has 1 aliphatic rings. The lowest BCUT2D eigenvalue weighted by molar-refractivity contribution is -0.142. The Kier molecular flexibility index (Phi) is 7.55. The van der Waals surface area contributed by atoms with Crippen molar-refractivity contribution in [2.45, 2.75) is 30.8 Å². The highest BCUT2D eigenvalue weighted by molar-refractivity contribution is 7.92. The molecule has 0 saturated carbocycles. The van der Waals surface area contributed by atoms with Crippen LogP contribution in [0.5, 0.6) is 5.88 Å². The molecule has 1 aliphatic heterocycles. The topological polar surface area (TPSA) is 140 Å². The van der Waals surface area contributed by atoms with Crippen LogP contribution in [0.25, 0.3) is 11.3 Å². The minimum atomic E-state index is -4.00. The fourth-order valence-electron chi connectivity index (χ4n) is 4.69. The van der Waals surface area contributed by atoms with E-state index in [2.05, 4.69) is 19.8 Å². The average Bonchev–Trinajstić information content (AvgIpc) is 3.34. The van der Waals surface area contributed by atoms with E-state index in [4.69, 9.17) is 4.74 Å². The number of carbonyl (C=O) groups excluding carboxylic acids is 1. The number of aliphatic hydroxyl groups excluding tert-OH is 1. The van der Waals surface area contributed by atoms with Gasteiger partial charge in [0.2, 0.25) is 17.7 Å². The van der Waals surface area contributed by atoms with Crippen molar-refractivity contribution in [3.05, 3.63) is 83.7 Å². The third kappa shape index (κ3) is 5.68. The number of amides is 1. The average molecular weight is 563 g/mol. The lowest BCUT2D eigenvalue weighted by Gasteiger charge is -2.40. The third-order valence-electron chi connectivity index (χ3n) is 6.79. The van der Waals surface area contributed by atoms with Crippen LogP contribution in [0.4, 0.5) is 5.95 Å². The highest BCUT2D eigenvalue weighted by atomic mass is 32.2. The normalized spacial score (nSPS) is 14.4. The van der Waals surface area contributed by atoms with Crippen molar-refractivity contribution in [3.63, 3.8) is 0 Å². The van der Waals surface area contributed by atoms with Gasteiger partial charge in [-0.15, -0.1) is 0 Å². The number of ether oxygens (including phenoxy) is 1. The second-order valence-corrected chi connectivity index (χ2v) is 11.4. The number of aliphatic hydroxyl groups is 1. The summed E-state index contributed by atoms with van der Waals surface area (Å²) < 4.78 is 35.9. The molecule has 208 valence electrons. The fraction of sp³-hybridized carbons (Fsp3) is 0.286. The van der Waals surface area contributed by atoms with Crippen LogP contribution in [0.2, 0.25) is 0 Å². The minimum Gasteiger partial charge on any atom is -0.470 e. The Balaban J connectivity index is 1.38. The number of likely N-dealkylation sites (tertiary alicyclic amines) is 1. The van der Waals surface area contributed by atoms with E-state index in [-0.39, 0.29) is 35.3 Å². The van der Waals surface area contributed by atoms with Gasteiger partial charge in [0.05, 0.1) is 37.5 Å². The molecule has 1 fully saturated rings. The Morgan fingerprint density at radius 3 is 2.42 bits per heavy atom. The molecule has 0 radical (unpaired) electrons. The molecule has 5 rings (SSSR count). The van der Waals surface area contributed by atoms with Gasteiger partial charge in [-0.1, -0.05) is 48.5 Å². The molecule has 2 aromatic heterocycles. The summed E-state index contributed by atoms with van der Waals surface area (Å²) in [6, 6.07) is 16.7. The van der Waals surface area contributed by atoms with Crippen molar-refractivity contribution in [3.8, 4) is 17.1 Å². The second-order valence-electron chi connectivity index (χ2n) is 9.77. The number of aromatic nitrogens is 4. The van der Waals surface area contributed by atoms with E-state index >= 15 is 0 Å². The van der Waals surface area contributed by atoms with E-state index < -0.39 is 15.9 Å². The number of hydrogen-bond donors (Lipinski definition) is 2. The predicted molar refractivity (Wildman–Crippen MR) is 148 cm³/mol. The molecule has 40 heavy (non-hydrogen) atoms. The van der Waals surface area contributed by atoms with Crippen LogP contribution >= 0.6 is 0 Å². The first kappa shape index (κ1) is 27.3. The largest absolute Gasteiger partial charge is 0.470 e. The van der Waals surface area contributed by atoms with Gasteiger partial charge >= 0.3 is 0 Å². The van der Waals surface area contributed by atoms with Crippen LogP contribution in [-0.4, -0.2) is 69.9 Å². The molecule has 12 heteroatoms. The summed E-state index contributed by atoms with van der Waals surface area (Å²) in [7, 11) is -2.37. The summed E-state index contributed by atoms with van der Waals surface area (Å²) >= 11 is 0. The van der Waals surface area contributed by atoms with Crippen molar-refractivity contribution in [1.29, 1.82) is 0 Å². The number of hydrogen-bond acceptors (Lipinski definition) is 8. The standard InChI is InChI=1S/C28H30N6O5S/c1-18-8-7-9-19(2)26(18)24-12-25(31-28(30-24)32-40(37,38)22-13-29-33(3)16-22)39-21-14-34(15-21)27(36)23(17-35)20-10-5-4-6-11-20/h4-13,16,21,23,35H,14-15,17H2,1-3H3,(H,30,31,32). The summed E-state index contributed by atoms with van der Waals surface area (Å²) in [5.41, 5.74) is 4.01. The monoisotopic (exact) mass is 562 g/mol. The van der Waals surface area contributed by atoms with Gasteiger partial charge < -0.3 is 14.7 Å². The maximum Gasteiger partial charge on any atom is 0.267 e. The van der Waals surface area contributed by atoms with E-state index in [1.165, 1.54) is 17.1 Å². The highest BCUT2D eigenvalue weighted by Crippen LogP contribution is 2.31. The van der Waals surface area contributed by atoms with Crippen molar-refractivity contribution in [2.24, 2.45) is 7.05 Å². The molecule has 0 spiro atoms. The molecule has 11 nitrogen and oxygen atoms in total. The zero-order valence-electron chi connectivity index (χ0n) is 22.4. The van der Waals surface area contributed by atoms with Gasteiger partial charge in [-0.2, -0.15) is 10.1 Å². The van der Waals surface area contributed by atoms with Crippen LogP contribution in [0.15, 0.2) is 71.9 Å². The summed E-state index contributed by atoms with van der Waals surface area (Å²) in [5.74, 6) is -0.797. The molecule has 0 aliphatic carbocycles. The summed E-state index contributed by atoms with van der Waals surface area (Å²) in [4.78, 5) is 23.5. The van der Waals surface area contributed by atoms with Crippen molar-refractivity contribution < 1.29 is 23.1 Å². The van der Waals surface area contributed by atoms with E-state index in [9.17, 15) is 18.3 Å². The highest BCUT2D eigenvalue weighted by Gasteiger charge is 2.36. The molecule has 1 saturated heterocycles. The molecule has 1 unspecified atom stereocenters. The molecule has 2 N–H and O–H groups in total. The van der Waals surface area contributed by atoms with Crippen molar-refractivity contribution >= 4 is 21.9 Å². The van der Waals surface area contributed by atoms with Crippen LogP contribution in [0.3, 0.4) is 0 Å². The summed E-state index contributed by atoms with van der Waals surface area (Å²) in [6.07, 6.45) is 2.26. The Hall–Kier alpha value is -4.29. The van der Waals surface area contributed by atoms with Gasteiger partial charge in [-0.25, -0.2) is 18.1 Å². The zero-order chi connectivity index (χ0) is 28.4. The van der Waals surface area contributed by atoms with E-state index in [0.29, 0.717) is 18.8 Å². The van der Waals surface area contributed by atoms with Gasteiger partial charge in [0.1, 0.15) is 11.0 Å². The van der Waals surface area contributed by atoms with Crippen molar-refractivity contribution in [2.75, 3.05) is 24.4 Å². The molecule has 1 atom stereocenters. The van der Waals surface area contributed by atoms with Crippen molar-refractivity contribution in [1.82, 2.24) is 24.6 Å². The number of nitrogens with zero attached hydrogens (tertiary/aromatic N) is 5. The number of sulfonamides is 1. The Morgan fingerprint density at radius 2 is 1.80 bits per heavy atom. The number of benzene rings is 2. The van der Waals surface area contributed by atoms with E-state index in [0.717, 1.165) is 22.3 Å². The lowest BCUT2D eigenvalue weighted by atomic mass is 9.96. The zero-order valence-corrected chi connectivity index (χ0v) is 23.2. The molecule has 2 aromatic carbocycles. The van der Waals surface area contributed by atoms with Gasteiger partial charge in [0.15, 0.2) is 0 Å². The van der Waals surface area contributed by atoms with Crippen LogP contribution < -0.4 is 9.46 Å². The Bertz CT molecular complexity index is 1610. The fourth-order valence-corrected chi connectivity index (χ4v) is 5.62. The first-order chi connectivity index (χ1) is 19.1. The number of nitrogens with one attached hydrogen (secondary N) is 1. The quantitative estimate of drug-likeness (QED) is 0.317. The maximum atomic E-state index is 13.0. The maximum absolute atomic E-state index is 13.0. The molecular formula is C28H30N6O5S. The molecule has 0 bridgehead atoms. The van der Waals surface area contributed by atoms with Gasteiger partial charge in [0, 0.05) is 24.9 Å².